The van der Waals surface area contributed by atoms with Crippen molar-refractivity contribution in [1.82, 2.24) is 0 Å². The molecular weight excluding hydrogens is 871 g/mol. The van der Waals surface area contributed by atoms with E-state index in [1.54, 1.807) is 15.3 Å². The van der Waals surface area contributed by atoms with Gasteiger partial charge in [0.2, 0.25) is 0 Å². The number of halogens is 2. The van der Waals surface area contributed by atoms with E-state index >= 15 is 0 Å². The van der Waals surface area contributed by atoms with Crippen LogP contribution in [0.1, 0.15) is 134 Å². The van der Waals surface area contributed by atoms with Crippen LogP contribution in [-0.2, 0) is 49.3 Å². The zero-order valence-electron chi connectivity index (χ0n) is 39.1. The van der Waals surface area contributed by atoms with E-state index in [4.69, 9.17) is 0 Å². The van der Waals surface area contributed by atoms with E-state index in [0.717, 1.165) is 12.8 Å². The molecule has 8 rings (SSSR count). The average molecular weight is 937 g/mol. The summed E-state index contributed by atoms with van der Waals surface area (Å²) in [5.74, 6) is 0. The first-order chi connectivity index (χ1) is 28.3. The van der Waals surface area contributed by atoms with E-state index in [-0.39, 0.29) is 46.5 Å². The average Bonchev–Trinajstić information content (AvgIpc) is 3.87. The minimum atomic E-state index is -3.14. The van der Waals surface area contributed by atoms with Gasteiger partial charge in [0.1, 0.15) is 0 Å². The van der Waals surface area contributed by atoms with Gasteiger partial charge in [-0.15, -0.1) is 24.8 Å². The van der Waals surface area contributed by atoms with Gasteiger partial charge in [0.05, 0.1) is 0 Å². The quantitative estimate of drug-likeness (QED) is 0.156. The molecule has 0 amide bonds. The first-order valence-electron chi connectivity index (χ1n) is 22.1. The molecule has 2 aliphatic carbocycles. The molecule has 62 heavy (non-hydrogen) atoms. The molecule has 0 aliphatic heterocycles. The molecule has 6 aromatic carbocycles. The van der Waals surface area contributed by atoms with Crippen LogP contribution in [0.25, 0.3) is 33.4 Å². The van der Waals surface area contributed by atoms with Crippen molar-refractivity contribution < 1.29 is 21.3 Å². The predicted octanol–water partition coefficient (Wildman–Crippen LogP) is 16.0. The minimum absolute atomic E-state index is 0. The van der Waals surface area contributed by atoms with Gasteiger partial charge in [0, 0.05) is 0 Å². The molecule has 0 atom stereocenters. The number of hydrogen-bond acceptors (Lipinski definition) is 0. The molecule has 320 valence electrons. The van der Waals surface area contributed by atoms with Crippen molar-refractivity contribution in [3.63, 3.8) is 0 Å². The molecule has 6 aromatic rings. The Balaban J connectivity index is 0.00000321. The molecule has 0 unspecified atom stereocenters. The fourth-order valence-corrected chi connectivity index (χ4v) is 17.9. The van der Waals surface area contributed by atoms with Gasteiger partial charge in [-0.25, -0.2) is 0 Å². The molecular formula is C59H66Cl2Zr. The number of allylic oxidation sites excluding steroid dienone is 4. The second-order valence-corrected chi connectivity index (χ2v) is 27.3. The molecule has 0 N–H and O–H groups in total. The Morgan fingerprint density at radius 3 is 1.42 bits per heavy atom. The largest absolute Gasteiger partial charge is 0.147 e. The zero-order chi connectivity index (χ0) is 42.8. The smallest absolute Gasteiger partial charge is 0.147 e. The molecule has 0 heterocycles. The summed E-state index contributed by atoms with van der Waals surface area (Å²) in [7, 11) is 0. The maximum absolute atomic E-state index is 3.14. The van der Waals surface area contributed by atoms with Crippen LogP contribution in [0, 0.1) is 0 Å². The maximum atomic E-state index is 2.62. The molecule has 0 bridgehead atoms. The summed E-state index contributed by atoms with van der Waals surface area (Å²) in [6, 6.07) is 49.8. The summed E-state index contributed by atoms with van der Waals surface area (Å²) in [6.45, 7) is 28.4. The molecule has 0 aromatic heterocycles. The second kappa shape index (κ2) is 18.0. The Kier molecular flexibility index (Phi) is 13.8. The first-order valence-corrected chi connectivity index (χ1v) is 25.8. The van der Waals surface area contributed by atoms with Crippen LogP contribution in [0.2, 0.25) is 0 Å². The number of rotatable bonds is 6. The summed E-state index contributed by atoms with van der Waals surface area (Å²) < 4.78 is 4.88. The maximum Gasteiger partial charge on any atom is -0.147 e. The fourth-order valence-electron chi connectivity index (χ4n) is 9.44. The normalized spacial score (nSPS) is 13.5. The summed E-state index contributed by atoms with van der Waals surface area (Å²) >= 11 is -3.14. The van der Waals surface area contributed by atoms with E-state index in [1.165, 1.54) is 72.3 Å². The fraction of sp³-hybridized carbons (Fsp3) is 0.305. The van der Waals surface area contributed by atoms with Gasteiger partial charge in [-0.05, 0) is 0 Å². The van der Waals surface area contributed by atoms with Crippen LogP contribution >= 0.6 is 24.8 Å². The Labute approximate surface area is 394 Å². The summed E-state index contributed by atoms with van der Waals surface area (Å²) in [5, 5.41) is 0. The molecule has 0 fully saturated rings. The van der Waals surface area contributed by atoms with Gasteiger partial charge in [-0.3, -0.25) is 0 Å². The van der Waals surface area contributed by atoms with Crippen LogP contribution in [0.15, 0.2) is 149 Å². The van der Waals surface area contributed by atoms with Gasteiger partial charge < -0.3 is 0 Å². The van der Waals surface area contributed by atoms with Crippen molar-refractivity contribution in [3.05, 3.63) is 193 Å². The summed E-state index contributed by atoms with van der Waals surface area (Å²) in [6.07, 6.45) is 9.22. The van der Waals surface area contributed by atoms with Gasteiger partial charge in [0.25, 0.3) is 0 Å². The number of fused-ring (bicyclic) bond motifs is 3. The van der Waals surface area contributed by atoms with Crippen LogP contribution in [-0.4, -0.2) is 3.21 Å². The number of hydrogen-bond donors (Lipinski definition) is 0. The van der Waals surface area contributed by atoms with E-state index in [9.17, 15) is 0 Å². The molecule has 0 nitrogen and oxygen atoms in total. The molecule has 2 aliphatic rings. The van der Waals surface area contributed by atoms with E-state index in [1.807, 2.05) is 0 Å². The van der Waals surface area contributed by atoms with Crippen LogP contribution < -0.4 is 3.27 Å². The summed E-state index contributed by atoms with van der Waals surface area (Å²) in [5.41, 5.74) is 19.8. The molecule has 0 spiro atoms. The van der Waals surface area contributed by atoms with Crippen molar-refractivity contribution in [2.45, 2.75) is 118 Å². The van der Waals surface area contributed by atoms with Gasteiger partial charge in [0.15, 0.2) is 0 Å². The number of benzene rings is 6. The Hall–Kier alpha value is -3.87. The van der Waals surface area contributed by atoms with Crippen molar-refractivity contribution in [1.29, 1.82) is 0 Å². The van der Waals surface area contributed by atoms with Crippen LogP contribution in [0.5, 0.6) is 0 Å². The standard InChI is InChI=1S/C33H33.C21H26.C5H5.2ClH.Zr/c1-32(2,3)30-20-26-24(18-28(30)22-13-9-7-10-14-22)17-25-19-29(23-15-11-8-12-16-23)31(21-27(25)26)33(4,5)6;1-20(2,3)18-11-7-16(8-12-18)15-17-9-13-19(14-10-17)21(4,5)6;1-2-4-5-3-1;;;/h7-16,18,20-21H,17H2,1-6H3;7-14H,1-6H3;1-3H,4H2;2*1H;. The molecule has 0 saturated heterocycles. The Morgan fingerprint density at radius 1 is 0.484 bits per heavy atom. The van der Waals surface area contributed by atoms with Crippen LogP contribution in [0.3, 0.4) is 0 Å². The molecule has 3 heteroatoms. The third-order valence-electron chi connectivity index (χ3n) is 12.8. The van der Waals surface area contributed by atoms with Gasteiger partial charge in [-0.1, -0.05) is 0 Å². The minimum Gasteiger partial charge on any atom is -0.147 e. The van der Waals surface area contributed by atoms with E-state index in [2.05, 4.69) is 229 Å². The SMILES string of the molecule is CC(C)(C)c1ccc([C](c2ccc(C(C)(C)C)cc2)=[Zr]([C]2=CC=CC2)[c]2c3c(cc(C(C)(C)C)c2-c2ccccc2)-c2cc(C(C)(C)C)c(-c4ccccc4)cc2C3)cc1.Cl.Cl. The summed E-state index contributed by atoms with van der Waals surface area (Å²) in [4.78, 5) is 0. The molecule has 0 radical (unpaired) electrons. The van der Waals surface area contributed by atoms with E-state index in [0.29, 0.717) is 0 Å². The van der Waals surface area contributed by atoms with Crippen molar-refractivity contribution >= 4 is 31.3 Å². The van der Waals surface area contributed by atoms with Gasteiger partial charge >= 0.3 is 372 Å². The van der Waals surface area contributed by atoms with Crippen molar-refractivity contribution in [2.24, 2.45) is 0 Å². The van der Waals surface area contributed by atoms with Crippen LogP contribution in [0.4, 0.5) is 0 Å². The Morgan fingerprint density at radius 2 is 0.968 bits per heavy atom. The third-order valence-corrected chi connectivity index (χ3v) is 20.5. The monoisotopic (exact) mass is 934 g/mol. The first kappa shape index (κ1) is 47.6. The van der Waals surface area contributed by atoms with Gasteiger partial charge in [-0.2, -0.15) is 0 Å². The topological polar surface area (TPSA) is 0 Å². The predicted molar refractivity (Wildman–Crippen MR) is 272 cm³/mol. The van der Waals surface area contributed by atoms with Crippen molar-refractivity contribution in [3.8, 4) is 33.4 Å². The third kappa shape index (κ3) is 9.34. The van der Waals surface area contributed by atoms with E-state index < -0.39 is 21.3 Å². The molecule has 0 saturated carbocycles. The zero-order valence-corrected chi connectivity index (χ0v) is 43.2. The second-order valence-electron chi connectivity index (χ2n) is 21.4. The Bertz CT molecular complexity index is 2610. The van der Waals surface area contributed by atoms with Crippen molar-refractivity contribution in [2.75, 3.05) is 0 Å².